The van der Waals surface area contributed by atoms with Crippen molar-refractivity contribution in [3.63, 3.8) is 0 Å². The van der Waals surface area contributed by atoms with Gasteiger partial charge in [0.05, 0.1) is 24.5 Å². The SMILES string of the molecule is COc1ccc(NC(=O)COC(=O)Cc2ccc(C)c(C)c2)c([N+](=O)[O-])c1. The standard InChI is InChI=1S/C19H20N2O6/c1-12-4-5-14(8-13(12)2)9-19(23)27-11-18(22)20-16-7-6-15(26-3)10-17(16)21(24)25/h4-8,10H,9,11H2,1-3H3,(H,20,22). The lowest BCUT2D eigenvalue weighted by Crippen LogP contribution is -2.22. The zero-order chi connectivity index (χ0) is 20.0. The van der Waals surface area contributed by atoms with Gasteiger partial charge < -0.3 is 14.8 Å². The maximum atomic E-state index is 12.0. The molecule has 2 aromatic carbocycles. The summed E-state index contributed by atoms with van der Waals surface area (Å²) in [5, 5.41) is 13.5. The van der Waals surface area contributed by atoms with Gasteiger partial charge in [-0.2, -0.15) is 0 Å². The van der Waals surface area contributed by atoms with Crippen molar-refractivity contribution in [2.24, 2.45) is 0 Å². The number of carbonyl (C=O) groups is 2. The van der Waals surface area contributed by atoms with Gasteiger partial charge in [0.25, 0.3) is 11.6 Å². The number of anilines is 1. The van der Waals surface area contributed by atoms with Crippen molar-refractivity contribution in [3.8, 4) is 5.75 Å². The van der Waals surface area contributed by atoms with Crippen molar-refractivity contribution in [2.45, 2.75) is 20.3 Å². The van der Waals surface area contributed by atoms with Crippen molar-refractivity contribution in [3.05, 3.63) is 63.2 Å². The van der Waals surface area contributed by atoms with Crippen LogP contribution in [0.1, 0.15) is 16.7 Å². The van der Waals surface area contributed by atoms with Crippen LogP contribution in [-0.4, -0.2) is 30.5 Å². The zero-order valence-corrected chi connectivity index (χ0v) is 15.3. The van der Waals surface area contributed by atoms with Gasteiger partial charge in [0.15, 0.2) is 6.61 Å². The Hall–Kier alpha value is -3.42. The van der Waals surface area contributed by atoms with E-state index in [1.54, 1.807) is 0 Å². The summed E-state index contributed by atoms with van der Waals surface area (Å²) >= 11 is 0. The Bertz CT molecular complexity index is 878. The summed E-state index contributed by atoms with van der Waals surface area (Å²) in [7, 11) is 1.38. The fourth-order valence-corrected chi connectivity index (χ4v) is 2.36. The van der Waals surface area contributed by atoms with Crippen LogP contribution in [0.5, 0.6) is 5.75 Å². The van der Waals surface area contributed by atoms with E-state index < -0.39 is 23.4 Å². The van der Waals surface area contributed by atoms with E-state index in [0.717, 1.165) is 16.7 Å². The van der Waals surface area contributed by atoms with E-state index in [1.807, 2.05) is 32.0 Å². The number of benzene rings is 2. The summed E-state index contributed by atoms with van der Waals surface area (Å²) in [5.41, 5.74) is 2.65. The van der Waals surface area contributed by atoms with Gasteiger partial charge in [0.1, 0.15) is 11.4 Å². The van der Waals surface area contributed by atoms with E-state index in [9.17, 15) is 19.7 Å². The van der Waals surface area contributed by atoms with Gasteiger partial charge in [-0.05, 0) is 42.7 Å². The summed E-state index contributed by atoms with van der Waals surface area (Å²) in [6.07, 6.45) is 0.0388. The molecule has 0 unspecified atom stereocenters. The predicted octanol–water partition coefficient (Wildman–Crippen LogP) is 2.94. The monoisotopic (exact) mass is 372 g/mol. The van der Waals surface area contributed by atoms with E-state index in [-0.39, 0.29) is 17.8 Å². The summed E-state index contributed by atoms with van der Waals surface area (Å²) in [6, 6.07) is 9.65. The molecule has 8 nitrogen and oxygen atoms in total. The van der Waals surface area contributed by atoms with Crippen LogP contribution in [0, 0.1) is 24.0 Å². The average Bonchev–Trinajstić information content (AvgIpc) is 2.63. The normalized spacial score (nSPS) is 10.2. The number of carbonyl (C=O) groups excluding carboxylic acids is 2. The van der Waals surface area contributed by atoms with Gasteiger partial charge >= 0.3 is 5.97 Å². The molecule has 142 valence electrons. The molecular formula is C19H20N2O6. The van der Waals surface area contributed by atoms with Gasteiger partial charge in [-0.25, -0.2) is 0 Å². The molecule has 0 aliphatic carbocycles. The van der Waals surface area contributed by atoms with Crippen LogP contribution < -0.4 is 10.1 Å². The number of nitro benzene ring substituents is 1. The average molecular weight is 372 g/mol. The fourth-order valence-electron chi connectivity index (χ4n) is 2.36. The Labute approximate surface area is 156 Å². The molecule has 0 saturated heterocycles. The highest BCUT2D eigenvalue weighted by molar-refractivity contribution is 5.95. The molecule has 0 fully saturated rings. The van der Waals surface area contributed by atoms with Crippen LogP contribution in [0.3, 0.4) is 0 Å². The highest BCUT2D eigenvalue weighted by atomic mass is 16.6. The number of ether oxygens (including phenoxy) is 2. The van der Waals surface area contributed by atoms with E-state index in [1.165, 1.54) is 25.3 Å². The Morgan fingerprint density at radius 1 is 1.11 bits per heavy atom. The van der Waals surface area contributed by atoms with Gasteiger partial charge in [0.2, 0.25) is 0 Å². The number of hydrogen-bond donors (Lipinski definition) is 1. The largest absolute Gasteiger partial charge is 0.496 e. The summed E-state index contributed by atoms with van der Waals surface area (Å²) in [6.45, 7) is 3.38. The molecule has 8 heteroatoms. The zero-order valence-electron chi connectivity index (χ0n) is 15.3. The molecule has 0 heterocycles. The molecule has 0 spiro atoms. The minimum Gasteiger partial charge on any atom is -0.496 e. The molecule has 0 bridgehead atoms. The van der Waals surface area contributed by atoms with Crippen molar-refractivity contribution >= 4 is 23.3 Å². The lowest BCUT2D eigenvalue weighted by molar-refractivity contribution is -0.384. The van der Waals surface area contributed by atoms with Gasteiger partial charge in [0, 0.05) is 0 Å². The topological polar surface area (TPSA) is 108 Å². The quantitative estimate of drug-likeness (QED) is 0.455. The highest BCUT2D eigenvalue weighted by Crippen LogP contribution is 2.28. The van der Waals surface area contributed by atoms with Gasteiger partial charge in [-0.3, -0.25) is 19.7 Å². The van der Waals surface area contributed by atoms with Crippen LogP contribution >= 0.6 is 0 Å². The third kappa shape index (κ3) is 5.53. The molecular weight excluding hydrogens is 352 g/mol. The minimum atomic E-state index is -0.670. The first kappa shape index (κ1) is 19.9. The first-order valence-corrected chi connectivity index (χ1v) is 8.14. The number of nitrogens with one attached hydrogen (secondary N) is 1. The molecule has 27 heavy (non-hydrogen) atoms. The molecule has 1 amide bonds. The van der Waals surface area contributed by atoms with Crippen LogP contribution in [0.2, 0.25) is 0 Å². The predicted molar refractivity (Wildman–Crippen MR) is 98.9 cm³/mol. The Balaban J connectivity index is 1.93. The lowest BCUT2D eigenvalue weighted by Gasteiger charge is -2.09. The van der Waals surface area contributed by atoms with Gasteiger partial charge in [-0.15, -0.1) is 0 Å². The maximum Gasteiger partial charge on any atom is 0.310 e. The molecule has 0 aromatic heterocycles. The molecule has 0 aliphatic rings. The number of methoxy groups -OCH3 is 1. The van der Waals surface area contributed by atoms with Crippen LogP contribution in [0.15, 0.2) is 36.4 Å². The molecule has 0 aliphatic heterocycles. The second kappa shape index (κ2) is 8.79. The minimum absolute atomic E-state index is 0.00370. The number of aryl methyl sites for hydroxylation is 2. The smallest absolute Gasteiger partial charge is 0.310 e. The van der Waals surface area contributed by atoms with E-state index in [4.69, 9.17) is 9.47 Å². The fraction of sp³-hybridized carbons (Fsp3) is 0.263. The summed E-state index contributed by atoms with van der Waals surface area (Å²) in [4.78, 5) is 34.3. The first-order valence-electron chi connectivity index (χ1n) is 8.14. The summed E-state index contributed by atoms with van der Waals surface area (Å²) in [5.74, 6) is -0.936. The van der Waals surface area contributed by atoms with Crippen molar-refractivity contribution in [1.29, 1.82) is 0 Å². The summed E-state index contributed by atoms with van der Waals surface area (Å²) < 4.78 is 9.88. The molecule has 1 N–H and O–H groups in total. The van der Waals surface area contributed by atoms with E-state index >= 15 is 0 Å². The molecule has 2 rings (SSSR count). The van der Waals surface area contributed by atoms with Crippen molar-refractivity contribution < 1.29 is 24.0 Å². The van der Waals surface area contributed by atoms with Crippen molar-refractivity contribution in [1.82, 2.24) is 0 Å². The number of nitro groups is 1. The first-order chi connectivity index (χ1) is 12.8. The molecule has 0 saturated carbocycles. The number of rotatable bonds is 7. The number of amides is 1. The van der Waals surface area contributed by atoms with Crippen LogP contribution in [-0.2, 0) is 20.7 Å². The number of nitrogens with zero attached hydrogens (tertiary/aromatic N) is 1. The highest BCUT2D eigenvalue weighted by Gasteiger charge is 2.18. The third-order valence-corrected chi connectivity index (χ3v) is 3.96. The molecule has 2 aromatic rings. The maximum absolute atomic E-state index is 12.0. The van der Waals surface area contributed by atoms with Crippen molar-refractivity contribution in [2.75, 3.05) is 19.0 Å². The lowest BCUT2D eigenvalue weighted by atomic mass is 10.0. The van der Waals surface area contributed by atoms with Crippen LogP contribution in [0.4, 0.5) is 11.4 Å². The Kier molecular flexibility index (Phi) is 6.48. The number of esters is 1. The van der Waals surface area contributed by atoms with Crippen LogP contribution in [0.25, 0.3) is 0 Å². The Morgan fingerprint density at radius 2 is 1.85 bits per heavy atom. The molecule has 0 radical (unpaired) electrons. The Morgan fingerprint density at radius 3 is 2.48 bits per heavy atom. The number of hydrogen-bond acceptors (Lipinski definition) is 6. The van der Waals surface area contributed by atoms with Gasteiger partial charge in [-0.1, -0.05) is 18.2 Å². The second-order valence-electron chi connectivity index (χ2n) is 5.94. The molecule has 0 atom stereocenters. The second-order valence-corrected chi connectivity index (χ2v) is 5.94. The van der Waals surface area contributed by atoms with E-state index in [0.29, 0.717) is 5.75 Å². The third-order valence-electron chi connectivity index (χ3n) is 3.96. The van der Waals surface area contributed by atoms with E-state index in [2.05, 4.69) is 5.32 Å².